The summed E-state index contributed by atoms with van der Waals surface area (Å²) in [4.78, 5) is 46.7. The molecule has 1 atom stereocenters. The number of Topliss-reactive ketones (excluding diaryl/α,β-unsaturated/α-hetero) is 1. The molecule has 0 aliphatic carbocycles. The van der Waals surface area contributed by atoms with Crippen LogP contribution in [0.3, 0.4) is 0 Å². The van der Waals surface area contributed by atoms with Crippen LogP contribution in [0.15, 0.2) is 102 Å². The molecule has 2 N–H and O–H groups in total. The van der Waals surface area contributed by atoms with Gasteiger partial charge in [-0.3, -0.25) is 9.59 Å². The second-order valence-corrected chi connectivity index (χ2v) is 9.78. The lowest BCUT2D eigenvalue weighted by atomic mass is 9.99. The summed E-state index contributed by atoms with van der Waals surface area (Å²) in [5, 5.41) is 5.69. The number of ether oxygens (including phenoxy) is 1. The first-order valence-corrected chi connectivity index (χ1v) is 13.3. The van der Waals surface area contributed by atoms with Crippen molar-refractivity contribution in [2.75, 3.05) is 23.9 Å². The number of urea groups is 1. The first-order chi connectivity index (χ1) is 19.9. The number of rotatable bonds is 7. The van der Waals surface area contributed by atoms with E-state index in [1.807, 2.05) is 61.5 Å². The van der Waals surface area contributed by atoms with Crippen molar-refractivity contribution in [3.8, 4) is 5.75 Å². The van der Waals surface area contributed by atoms with Gasteiger partial charge in [-0.1, -0.05) is 84.4 Å². The highest BCUT2D eigenvalue weighted by Gasteiger charge is 2.34. The van der Waals surface area contributed by atoms with Gasteiger partial charge < -0.3 is 20.3 Å². The zero-order valence-corrected chi connectivity index (χ0v) is 23.2. The third-order valence-corrected chi connectivity index (χ3v) is 6.98. The van der Waals surface area contributed by atoms with Gasteiger partial charge in [0.25, 0.3) is 5.91 Å². The van der Waals surface area contributed by atoms with Crippen molar-refractivity contribution in [1.29, 1.82) is 0 Å². The number of anilines is 2. The maximum absolute atomic E-state index is 14.0. The summed E-state index contributed by atoms with van der Waals surface area (Å²) in [7, 11) is 1.49. The number of benzene rings is 4. The Balaban J connectivity index is 1.52. The number of ketones is 1. The fourth-order valence-corrected chi connectivity index (χ4v) is 4.92. The monoisotopic (exact) mass is 566 g/mol. The molecule has 0 saturated heterocycles. The van der Waals surface area contributed by atoms with Gasteiger partial charge in [0.05, 0.1) is 30.1 Å². The number of carbonyl (C=O) groups excluding carboxylic acids is 3. The minimum absolute atomic E-state index is 0.230. The molecular weight excluding hydrogens is 540 g/mol. The van der Waals surface area contributed by atoms with Gasteiger partial charge in [-0.25, -0.2) is 9.79 Å². The lowest BCUT2D eigenvalue weighted by molar-refractivity contribution is -0.120. The molecule has 0 bridgehead atoms. The molecule has 4 aromatic rings. The molecule has 0 radical (unpaired) electrons. The van der Waals surface area contributed by atoms with E-state index in [9.17, 15) is 14.4 Å². The van der Waals surface area contributed by atoms with E-state index in [1.54, 1.807) is 36.4 Å². The lowest BCUT2D eigenvalue weighted by Gasteiger charge is -2.25. The highest BCUT2D eigenvalue weighted by Crippen LogP contribution is 2.30. The van der Waals surface area contributed by atoms with Crippen LogP contribution < -0.4 is 20.3 Å². The number of carbonyl (C=O) groups is 3. The Morgan fingerprint density at radius 3 is 2.39 bits per heavy atom. The number of nitrogens with zero attached hydrogens (tertiary/aromatic N) is 2. The summed E-state index contributed by atoms with van der Waals surface area (Å²) in [6, 6.07) is 28.0. The topological polar surface area (TPSA) is 100 Å². The van der Waals surface area contributed by atoms with Crippen molar-refractivity contribution in [3.05, 3.63) is 124 Å². The van der Waals surface area contributed by atoms with E-state index < -0.39 is 18.1 Å². The third kappa shape index (κ3) is 5.97. The number of hydrogen-bond donors (Lipinski definition) is 2. The molecule has 1 aliphatic rings. The number of hydrogen-bond acceptors (Lipinski definition) is 5. The van der Waals surface area contributed by atoms with Crippen molar-refractivity contribution >= 4 is 46.4 Å². The fourth-order valence-electron chi connectivity index (χ4n) is 4.66. The summed E-state index contributed by atoms with van der Waals surface area (Å²) < 4.78 is 5.17. The molecule has 4 aromatic carbocycles. The summed E-state index contributed by atoms with van der Waals surface area (Å²) in [6.45, 7) is 1.62. The predicted molar refractivity (Wildman–Crippen MR) is 160 cm³/mol. The smallest absolute Gasteiger partial charge is 0.321 e. The molecule has 1 heterocycles. The zero-order valence-electron chi connectivity index (χ0n) is 22.4. The van der Waals surface area contributed by atoms with Gasteiger partial charge in [0.1, 0.15) is 5.75 Å². The van der Waals surface area contributed by atoms with Gasteiger partial charge in [-0.05, 0) is 36.8 Å². The summed E-state index contributed by atoms with van der Waals surface area (Å²) in [5.41, 5.74) is 4.18. The van der Waals surface area contributed by atoms with Crippen molar-refractivity contribution in [2.24, 2.45) is 4.99 Å². The zero-order chi connectivity index (χ0) is 28.9. The Labute approximate surface area is 242 Å². The second-order valence-electron chi connectivity index (χ2n) is 9.37. The van der Waals surface area contributed by atoms with E-state index in [0.29, 0.717) is 39.0 Å². The van der Waals surface area contributed by atoms with E-state index in [2.05, 4.69) is 10.6 Å². The number of aryl methyl sites for hydroxylation is 1. The SMILES string of the molecule is COc1ccc(NC(=O)N[C@H]2N=C(c3ccccc3)c3ccccc3N(CC(=O)c3ccccc3C)C2=O)cc1Cl. The van der Waals surface area contributed by atoms with Crippen molar-refractivity contribution in [3.63, 3.8) is 0 Å². The first-order valence-electron chi connectivity index (χ1n) is 12.9. The number of benzodiazepines with no additional fused rings is 1. The van der Waals surface area contributed by atoms with Crippen LogP contribution in [0.4, 0.5) is 16.2 Å². The molecule has 0 spiro atoms. The molecule has 0 unspecified atom stereocenters. The van der Waals surface area contributed by atoms with Gasteiger partial charge in [0.2, 0.25) is 6.17 Å². The first kappa shape index (κ1) is 27.6. The third-order valence-electron chi connectivity index (χ3n) is 6.68. The summed E-state index contributed by atoms with van der Waals surface area (Å²) >= 11 is 6.21. The van der Waals surface area contributed by atoms with Crippen molar-refractivity contribution < 1.29 is 19.1 Å². The van der Waals surface area contributed by atoms with E-state index in [0.717, 1.165) is 11.1 Å². The average molecular weight is 567 g/mol. The van der Waals surface area contributed by atoms with Gasteiger partial charge in [0, 0.05) is 22.4 Å². The van der Waals surface area contributed by atoms with Gasteiger partial charge >= 0.3 is 6.03 Å². The molecule has 1 aliphatic heterocycles. The van der Waals surface area contributed by atoms with Crippen LogP contribution in [0.2, 0.25) is 5.02 Å². The average Bonchev–Trinajstić information content (AvgIpc) is 3.08. The summed E-state index contributed by atoms with van der Waals surface area (Å²) in [6.07, 6.45) is -1.32. The molecule has 0 saturated carbocycles. The Bertz CT molecular complexity index is 1650. The largest absolute Gasteiger partial charge is 0.495 e. The number of nitrogens with one attached hydrogen (secondary N) is 2. The molecule has 3 amide bonds. The highest BCUT2D eigenvalue weighted by molar-refractivity contribution is 6.32. The minimum Gasteiger partial charge on any atom is -0.495 e. The number of para-hydroxylation sites is 1. The van der Waals surface area contributed by atoms with Crippen LogP contribution in [0.5, 0.6) is 5.75 Å². The van der Waals surface area contributed by atoms with Crippen LogP contribution in [0.1, 0.15) is 27.0 Å². The maximum atomic E-state index is 14.0. The predicted octanol–water partition coefficient (Wildman–Crippen LogP) is 5.87. The maximum Gasteiger partial charge on any atom is 0.321 e. The van der Waals surface area contributed by atoms with Gasteiger partial charge in [0.15, 0.2) is 5.78 Å². The van der Waals surface area contributed by atoms with Crippen LogP contribution in [-0.4, -0.2) is 43.3 Å². The summed E-state index contributed by atoms with van der Waals surface area (Å²) in [5.74, 6) is -0.320. The normalized spacial score (nSPS) is 14.4. The molecule has 5 rings (SSSR count). The molecule has 41 heavy (non-hydrogen) atoms. The van der Waals surface area contributed by atoms with Crippen LogP contribution in [0.25, 0.3) is 0 Å². The van der Waals surface area contributed by atoms with Crippen LogP contribution in [0, 0.1) is 6.92 Å². The Morgan fingerprint density at radius 2 is 1.66 bits per heavy atom. The van der Waals surface area contributed by atoms with E-state index in [4.69, 9.17) is 21.3 Å². The number of fused-ring (bicyclic) bond motifs is 1. The Kier molecular flexibility index (Phi) is 8.12. The molecule has 0 aromatic heterocycles. The fraction of sp³-hybridized carbons (Fsp3) is 0.125. The lowest BCUT2D eigenvalue weighted by Crippen LogP contribution is -2.50. The number of halogens is 1. The molecule has 0 fully saturated rings. The van der Waals surface area contributed by atoms with E-state index in [1.165, 1.54) is 18.1 Å². The number of methoxy groups -OCH3 is 1. The molecule has 9 heteroatoms. The molecular formula is C32H27ClN4O4. The number of amides is 3. The Hall–Kier alpha value is -4.95. The van der Waals surface area contributed by atoms with Gasteiger partial charge in [-0.2, -0.15) is 0 Å². The minimum atomic E-state index is -1.32. The van der Waals surface area contributed by atoms with Crippen LogP contribution >= 0.6 is 11.6 Å². The standard InChI is InChI=1S/C32H27ClN4O4/c1-20-10-6-7-13-23(20)27(38)19-37-26-15-9-8-14-24(26)29(21-11-4-3-5-12-21)35-30(31(37)39)36-32(40)34-22-16-17-28(41-2)25(33)18-22/h3-18,30H,19H2,1-2H3,(H2,34,36,40)/t30-/m1/s1. The van der Waals surface area contributed by atoms with Crippen LogP contribution in [-0.2, 0) is 4.79 Å². The molecule has 8 nitrogen and oxygen atoms in total. The second kappa shape index (κ2) is 12.1. The quantitative estimate of drug-likeness (QED) is 0.273. The molecule has 206 valence electrons. The highest BCUT2D eigenvalue weighted by atomic mass is 35.5. The van der Waals surface area contributed by atoms with Gasteiger partial charge in [-0.15, -0.1) is 0 Å². The number of aliphatic imine (C=N–C) groups is 1. The van der Waals surface area contributed by atoms with Crippen molar-refractivity contribution in [2.45, 2.75) is 13.1 Å². The Morgan fingerprint density at radius 1 is 0.951 bits per heavy atom. The van der Waals surface area contributed by atoms with E-state index >= 15 is 0 Å². The van der Waals surface area contributed by atoms with E-state index in [-0.39, 0.29) is 12.3 Å². The van der Waals surface area contributed by atoms with Crippen molar-refractivity contribution in [1.82, 2.24) is 5.32 Å².